The fourth-order valence-corrected chi connectivity index (χ4v) is 7.31. The molecular weight excluding hydrogens is 432 g/mol. The molecule has 2 fully saturated rings. The van der Waals surface area contributed by atoms with E-state index in [2.05, 4.69) is 62.4 Å². The summed E-state index contributed by atoms with van der Waals surface area (Å²) in [6.07, 6.45) is 24.9. The van der Waals surface area contributed by atoms with Gasteiger partial charge in [0.25, 0.3) is 0 Å². The van der Waals surface area contributed by atoms with E-state index >= 15 is 0 Å². The van der Waals surface area contributed by atoms with Gasteiger partial charge in [0.1, 0.15) is 0 Å². The van der Waals surface area contributed by atoms with Crippen LogP contribution in [0.1, 0.15) is 151 Å². The first-order valence-corrected chi connectivity index (χ1v) is 15.9. The minimum atomic E-state index is 0.821. The van der Waals surface area contributed by atoms with Crippen LogP contribution < -0.4 is 0 Å². The van der Waals surface area contributed by atoms with Gasteiger partial charge in [0.15, 0.2) is 0 Å². The Balaban J connectivity index is 1.08. The first-order valence-electron chi connectivity index (χ1n) is 15.9. The fraction of sp³-hybridized carbons (Fsp3) is 0.667. The second kappa shape index (κ2) is 15.0. The standard InChI is InChI=1S/C36H54/c1-3-9-29-13-21-33(22-14-29)35-25-17-31(18-26-35)11-7-5-6-8-12-32-19-27-36(28-20-32)34-23-15-30(10-4-2)16-24-34/h17-20,25-30,33-34H,3-16,21-24H2,1-2H3/t29-,30-,33-,34-. The quantitative estimate of drug-likeness (QED) is 0.247. The van der Waals surface area contributed by atoms with Gasteiger partial charge in [-0.1, -0.05) is 101 Å². The molecule has 0 N–H and O–H groups in total. The van der Waals surface area contributed by atoms with Crippen molar-refractivity contribution in [1.82, 2.24) is 0 Å². The van der Waals surface area contributed by atoms with Crippen LogP contribution in [-0.2, 0) is 12.8 Å². The molecule has 0 atom stereocenters. The molecule has 198 valence electrons. The first kappa shape index (κ1) is 27.5. The molecule has 2 aromatic carbocycles. The molecule has 0 bridgehead atoms. The maximum Gasteiger partial charge on any atom is -0.0162 e. The normalized spacial score (nSPS) is 24.6. The average molecular weight is 487 g/mol. The molecule has 0 aromatic heterocycles. The van der Waals surface area contributed by atoms with Crippen LogP contribution >= 0.6 is 0 Å². The van der Waals surface area contributed by atoms with Gasteiger partial charge in [-0.3, -0.25) is 0 Å². The molecule has 2 saturated carbocycles. The van der Waals surface area contributed by atoms with Crippen molar-refractivity contribution in [3.8, 4) is 0 Å². The van der Waals surface area contributed by atoms with Gasteiger partial charge in [-0.05, 0) is 123 Å². The van der Waals surface area contributed by atoms with E-state index in [0.29, 0.717) is 0 Å². The minimum Gasteiger partial charge on any atom is -0.0654 e. The second-order valence-corrected chi connectivity index (χ2v) is 12.4. The monoisotopic (exact) mass is 486 g/mol. The van der Waals surface area contributed by atoms with Crippen molar-refractivity contribution < 1.29 is 0 Å². The minimum absolute atomic E-state index is 0.821. The maximum absolute atomic E-state index is 2.45. The third-order valence-corrected chi connectivity index (χ3v) is 9.67. The summed E-state index contributed by atoms with van der Waals surface area (Å²) < 4.78 is 0. The zero-order chi connectivity index (χ0) is 25.0. The smallest absolute Gasteiger partial charge is 0.0162 e. The van der Waals surface area contributed by atoms with E-state index in [1.807, 2.05) is 0 Å². The van der Waals surface area contributed by atoms with Gasteiger partial charge in [-0.25, -0.2) is 0 Å². The molecule has 0 saturated heterocycles. The zero-order valence-electron chi connectivity index (χ0n) is 23.7. The number of aryl methyl sites for hydroxylation is 2. The van der Waals surface area contributed by atoms with Crippen molar-refractivity contribution in [3.05, 3.63) is 70.8 Å². The Kier molecular flexibility index (Phi) is 11.4. The van der Waals surface area contributed by atoms with Crippen molar-refractivity contribution in [2.24, 2.45) is 11.8 Å². The number of benzene rings is 2. The molecule has 36 heavy (non-hydrogen) atoms. The van der Waals surface area contributed by atoms with Crippen LogP contribution in [0.25, 0.3) is 0 Å². The lowest BCUT2D eigenvalue weighted by Gasteiger charge is -2.28. The van der Waals surface area contributed by atoms with Crippen LogP contribution in [0.4, 0.5) is 0 Å². The summed E-state index contributed by atoms with van der Waals surface area (Å²) in [5.74, 6) is 3.65. The van der Waals surface area contributed by atoms with Crippen LogP contribution in [0.3, 0.4) is 0 Å². The highest BCUT2D eigenvalue weighted by Gasteiger charge is 2.22. The lowest BCUT2D eigenvalue weighted by Crippen LogP contribution is -2.13. The third kappa shape index (κ3) is 8.49. The van der Waals surface area contributed by atoms with Crippen LogP contribution in [-0.4, -0.2) is 0 Å². The topological polar surface area (TPSA) is 0 Å². The van der Waals surface area contributed by atoms with E-state index < -0.39 is 0 Å². The molecule has 2 aromatic rings. The molecule has 4 rings (SSSR count). The molecule has 2 aliphatic rings. The van der Waals surface area contributed by atoms with Crippen LogP contribution in [0.2, 0.25) is 0 Å². The lowest BCUT2D eigenvalue weighted by molar-refractivity contribution is 0.308. The number of unbranched alkanes of at least 4 members (excludes halogenated alkanes) is 3. The highest BCUT2D eigenvalue weighted by molar-refractivity contribution is 5.27. The zero-order valence-corrected chi connectivity index (χ0v) is 23.7. The SMILES string of the molecule is CCC[C@H]1CC[C@H](c2ccc(CCCCCCc3ccc([C@H]4CC[C@H](CCC)CC4)cc3)cc2)CC1. The van der Waals surface area contributed by atoms with E-state index in [9.17, 15) is 0 Å². The van der Waals surface area contributed by atoms with Crippen molar-refractivity contribution in [2.75, 3.05) is 0 Å². The predicted octanol–water partition coefficient (Wildman–Crippen LogP) is 11.2. The number of hydrogen-bond donors (Lipinski definition) is 0. The van der Waals surface area contributed by atoms with Crippen LogP contribution in [0, 0.1) is 11.8 Å². The Morgan fingerprint density at radius 3 is 1.17 bits per heavy atom. The second-order valence-electron chi connectivity index (χ2n) is 12.4. The Morgan fingerprint density at radius 1 is 0.472 bits per heavy atom. The molecule has 0 aliphatic heterocycles. The lowest BCUT2D eigenvalue weighted by atomic mass is 9.77. The van der Waals surface area contributed by atoms with Crippen molar-refractivity contribution >= 4 is 0 Å². The molecule has 0 amide bonds. The highest BCUT2D eigenvalue weighted by Crippen LogP contribution is 2.38. The third-order valence-electron chi connectivity index (χ3n) is 9.67. The summed E-state index contributed by atoms with van der Waals surface area (Å²) >= 11 is 0. The molecule has 0 heteroatoms. The van der Waals surface area contributed by atoms with Crippen molar-refractivity contribution in [3.63, 3.8) is 0 Å². The summed E-state index contributed by atoms with van der Waals surface area (Å²) in [4.78, 5) is 0. The van der Waals surface area contributed by atoms with Gasteiger partial charge in [0, 0.05) is 0 Å². The van der Waals surface area contributed by atoms with Crippen molar-refractivity contribution in [1.29, 1.82) is 0 Å². The largest absolute Gasteiger partial charge is 0.0654 e. The van der Waals surface area contributed by atoms with Gasteiger partial charge in [0.05, 0.1) is 0 Å². The maximum atomic E-state index is 2.45. The highest BCUT2D eigenvalue weighted by atomic mass is 14.3. The molecular formula is C36H54. The molecule has 0 nitrogen and oxygen atoms in total. The Hall–Kier alpha value is -1.56. The van der Waals surface area contributed by atoms with E-state index in [1.54, 1.807) is 11.1 Å². The van der Waals surface area contributed by atoms with Gasteiger partial charge < -0.3 is 0 Å². The molecule has 2 aliphatic carbocycles. The number of rotatable bonds is 13. The average Bonchev–Trinajstić information content (AvgIpc) is 2.93. The summed E-state index contributed by atoms with van der Waals surface area (Å²) in [6.45, 7) is 4.67. The Labute approximate surface area is 223 Å². The summed E-state index contributed by atoms with van der Waals surface area (Å²) in [5, 5.41) is 0. The van der Waals surface area contributed by atoms with E-state index in [0.717, 1.165) is 23.7 Å². The fourth-order valence-electron chi connectivity index (χ4n) is 7.31. The molecule has 0 radical (unpaired) electrons. The van der Waals surface area contributed by atoms with E-state index in [1.165, 1.54) is 127 Å². The Morgan fingerprint density at radius 2 is 0.833 bits per heavy atom. The molecule has 0 heterocycles. The van der Waals surface area contributed by atoms with E-state index in [4.69, 9.17) is 0 Å². The van der Waals surface area contributed by atoms with Crippen LogP contribution in [0.15, 0.2) is 48.5 Å². The molecule has 0 spiro atoms. The van der Waals surface area contributed by atoms with Crippen LogP contribution in [0.5, 0.6) is 0 Å². The Bertz CT molecular complexity index is 755. The van der Waals surface area contributed by atoms with Gasteiger partial charge in [-0.15, -0.1) is 0 Å². The van der Waals surface area contributed by atoms with Gasteiger partial charge >= 0.3 is 0 Å². The first-order chi connectivity index (χ1) is 17.7. The van der Waals surface area contributed by atoms with Gasteiger partial charge in [0.2, 0.25) is 0 Å². The summed E-state index contributed by atoms with van der Waals surface area (Å²) in [5.41, 5.74) is 6.28. The summed E-state index contributed by atoms with van der Waals surface area (Å²) in [7, 11) is 0. The van der Waals surface area contributed by atoms with E-state index in [-0.39, 0.29) is 0 Å². The predicted molar refractivity (Wildman–Crippen MR) is 158 cm³/mol. The van der Waals surface area contributed by atoms with Gasteiger partial charge in [-0.2, -0.15) is 0 Å². The summed E-state index contributed by atoms with van der Waals surface area (Å²) in [6, 6.07) is 19.5. The number of hydrogen-bond acceptors (Lipinski definition) is 0. The van der Waals surface area contributed by atoms with Crippen molar-refractivity contribution in [2.45, 2.75) is 141 Å². The molecule has 0 unspecified atom stereocenters.